The van der Waals surface area contributed by atoms with Crippen molar-refractivity contribution in [3.05, 3.63) is 29.5 Å². The molecule has 2 aromatic rings. The van der Waals surface area contributed by atoms with Gasteiger partial charge in [0.15, 0.2) is 0 Å². The molecule has 0 atom stereocenters. The highest BCUT2D eigenvalue weighted by atomic mass is 16.4. The molecular formula is C10H10N2O2. The topological polar surface area (TPSA) is 55.1 Å². The van der Waals surface area contributed by atoms with Crippen LogP contribution in [0, 0.1) is 13.8 Å². The highest BCUT2D eigenvalue weighted by Gasteiger charge is 2.11. The summed E-state index contributed by atoms with van der Waals surface area (Å²) in [6, 6.07) is 5.67. The third-order valence-corrected chi connectivity index (χ3v) is 2.20. The molecule has 1 N–H and O–H groups in total. The average Bonchev–Trinajstić information content (AvgIpc) is 2.43. The highest BCUT2D eigenvalue weighted by Crippen LogP contribution is 2.18. The number of hydrogen-bond acceptors (Lipinski definition) is 2. The van der Waals surface area contributed by atoms with Crippen LogP contribution in [0.15, 0.2) is 18.2 Å². The smallest absolute Gasteiger partial charge is 0.432 e. The molecule has 4 heteroatoms. The Bertz CT molecular complexity index is 514. The number of carbonyl (C=O) groups is 1. The van der Waals surface area contributed by atoms with Gasteiger partial charge in [-0.2, -0.15) is 9.78 Å². The normalized spacial score (nSPS) is 10.7. The van der Waals surface area contributed by atoms with Gasteiger partial charge in [-0.25, -0.2) is 4.79 Å². The Balaban J connectivity index is 2.85. The second kappa shape index (κ2) is 2.83. The van der Waals surface area contributed by atoms with Crippen LogP contribution in [-0.2, 0) is 0 Å². The van der Waals surface area contributed by atoms with Gasteiger partial charge in [0, 0.05) is 5.39 Å². The molecule has 0 aliphatic rings. The fourth-order valence-electron chi connectivity index (χ4n) is 1.53. The zero-order chi connectivity index (χ0) is 10.3. The Labute approximate surface area is 80.8 Å². The van der Waals surface area contributed by atoms with Crippen molar-refractivity contribution in [3.63, 3.8) is 0 Å². The first-order valence-electron chi connectivity index (χ1n) is 4.29. The van der Waals surface area contributed by atoms with Crippen molar-refractivity contribution in [3.8, 4) is 0 Å². The van der Waals surface area contributed by atoms with E-state index < -0.39 is 6.09 Å². The lowest BCUT2D eigenvalue weighted by Crippen LogP contribution is -2.09. The van der Waals surface area contributed by atoms with Gasteiger partial charge in [-0.15, -0.1) is 0 Å². The largest absolute Gasteiger partial charge is 0.463 e. The van der Waals surface area contributed by atoms with E-state index in [1.807, 2.05) is 25.1 Å². The summed E-state index contributed by atoms with van der Waals surface area (Å²) in [7, 11) is 0. The van der Waals surface area contributed by atoms with Gasteiger partial charge in [0.05, 0.1) is 11.2 Å². The summed E-state index contributed by atoms with van der Waals surface area (Å²) >= 11 is 0. The van der Waals surface area contributed by atoms with E-state index in [0.29, 0.717) is 5.52 Å². The molecule has 0 saturated heterocycles. The molecule has 1 heterocycles. The number of aromatic nitrogens is 2. The molecule has 0 unspecified atom stereocenters. The minimum atomic E-state index is -1.05. The van der Waals surface area contributed by atoms with Gasteiger partial charge < -0.3 is 5.11 Å². The Morgan fingerprint density at radius 1 is 1.43 bits per heavy atom. The Hall–Kier alpha value is -1.84. The zero-order valence-corrected chi connectivity index (χ0v) is 7.98. The third-order valence-electron chi connectivity index (χ3n) is 2.20. The van der Waals surface area contributed by atoms with Crippen LogP contribution >= 0.6 is 0 Å². The Morgan fingerprint density at radius 3 is 2.79 bits per heavy atom. The van der Waals surface area contributed by atoms with Crippen molar-refractivity contribution >= 4 is 17.0 Å². The molecule has 0 amide bonds. The highest BCUT2D eigenvalue weighted by molar-refractivity contribution is 5.89. The summed E-state index contributed by atoms with van der Waals surface area (Å²) in [5.41, 5.74) is 2.41. The van der Waals surface area contributed by atoms with Crippen LogP contribution in [0.25, 0.3) is 10.9 Å². The molecule has 1 aromatic carbocycles. The van der Waals surface area contributed by atoms with Crippen molar-refractivity contribution in [2.45, 2.75) is 13.8 Å². The van der Waals surface area contributed by atoms with E-state index >= 15 is 0 Å². The van der Waals surface area contributed by atoms with Crippen LogP contribution in [0.1, 0.15) is 11.3 Å². The first kappa shape index (κ1) is 8.74. The summed E-state index contributed by atoms with van der Waals surface area (Å²) < 4.78 is 1.01. The van der Waals surface area contributed by atoms with Crippen LogP contribution in [0.2, 0.25) is 0 Å². The van der Waals surface area contributed by atoms with Gasteiger partial charge >= 0.3 is 6.09 Å². The molecule has 0 fully saturated rings. The van der Waals surface area contributed by atoms with Crippen molar-refractivity contribution in [1.82, 2.24) is 9.78 Å². The molecule has 14 heavy (non-hydrogen) atoms. The Morgan fingerprint density at radius 2 is 2.14 bits per heavy atom. The summed E-state index contributed by atoms with van der Waals surface area (Å²) in [5.74, 6) is 0. The van der Waals surface area contributed by atoms with Crippen LogP contribution in [0.3, 0.4) is 0 Å². The SMILES string of the molecule is Cc1ccc2c(C)nn(C(=O)O)c2c1. The van der Waals surface area contributed by atoms with E-state index in [4.69, 9.17) is 5.11 Å². The molecule has 72 valence electrons. The van der Waals surface area contributed by atoms with E-state index in [9.17, 15) is 4.79 Å². The van der Waals surface area contributed by atoms with E-state index in [1.165, 1.54) is 0 Å². The lowest BCUT2D eigenvalue weighted by molar-refractivity contribution is 0.194. The predicted octanol–water partition coefficient (Wildman–Crippen LogP) is 2.18. The van der Waals surface area contributed by atoms with Crippen LogP contribution in [-0.4, -0.2) is 21.0 Å². The molecule has 0 saturated carbocycles. The van der Waals surface area contributed by atoms with Gasteiger partial charge in [0.1, 0.15) is 0 Å². The molecule has 4 nitrogen and oxygen atoms in total. The molecule has 0 aliphatic heterocycles. The van der Waals surface area contributed by atoms with Crippen LogP contribution < -0.4 is 0 Å². The molecule has 0 bridgehead atoms. The number of carboxylic acid groups (broad SMARTS) is 1. The molecule has 1 aromatic heterocycles. The fraction of sp³-hybridized carbons (Fsp3) is 0.200. The van der Waals surface area contributed by atoms with Crippen molar-refractivity contribution in [2.75, 3.05) is 0 Å². The van der Waals surface area contributed by atoms with E-state index in [1.54, 1.807) is 6.92 Å². The quantitative estimate of drug-likeness (QED) is 0.692. The van der Waals surface area contributed by atoms with Crippen molar-refractivity contribution < 1.29 is 9.90 Å². The standard InChI is InChI=1S/C10H10N2O2/c1-6-3-4-8-7(2)11-12(10(13)14)9(8)5-6/h3-5H,1-2H3,(H,13,14). The lowest BCUT2D eigenvalue weighted by atomic mass is 10.1. The number of aryl methyl sites for hydroxylation is 2. The van der Waals surface area contributed by atoms with Gasteiger partial charge in [0.25, 0.3) is 0 Å². The molecule has 0 aliphatic carbocycles. The maximum Gasteiger partial charge on any atom is 0.432 e. The predicted molar refractivity (Wildman–Crippen MR) is 52.6 cm³/mol. The molecular weight excluding hydrogens is 180 g/mol. The molecule has 0 spiro atoms. The van der Waals surface area contributed by atoms with Crippen molar-refractivity contribution in [1.29, 1.82) is 0 Å². The zero-order valence-electron chi connectivity index (χ0n) is 7.98. The first-order chi connectivity index (χ1) is 6.59. The van der Waals surface area contributed by atoms with Gasteiger partial charge in [0.2, 0.25) is 0 Å². The minimum Gasteiger partial charge on any atom is -0.463 e. The molecule has 2 rings (SSSR count). The lowest BCUT2D eigenvalue weighted by Gasteiger charge is -1.96. The summed E-state index contributed by atoms with van der Waals surface area (Å²) in [4.78, 5) is 10.8. The maximum atomic E-state index is 10.8. The minimum absolute atomic E-state index is 0.648. The first-order valence-corrected chi connectivity index (χ1v) is 4.29. The second-order valence-corrected chi connectivity index (χ2v) is 3.30. The fourth-order valence-corrected chi connectivity index (χ4v) is 1.53. The van der Waals surface area contributed by atoms with Gasteiger partial charge in [-0.3, -0.25) is 0 Å². The van der Waals surface area contributed by atoms with Crippen molar-refractivity contribution in [2.24, 2.45) is 0 Å². The van der Waals surface area contributed by atoms with Gasteiger partial charge in [-0.1, -0.05) is 12.1 Å². The van der Waals surface area contributed by atoms with E-state index in [2.05, 4.69) is 5.10 Å². The van der Waals surface area contributed by atoms with Crippen LogP contribution in [0.4, 0.5) is 4.79 Å². The number of rotatable bonds is 0. The number of nitrogens with zero attached hydrogens (tertiary/aromatic N) is 2. The summed E-state index contributed by atoms with van der Waals surface area (Å²) in [6.45, 7) is 3.73. The number of benzene rings is 1. The second-order valence-electron chi connectivity index (χ2n) is 3.30. The average molecular weight is 190 g/mol. The number of hydrogen-bond donors (Lipinski definition) is 1. The van der Waals surface area contributed by atoms with E-state index in [0.717, 1.165) is 21.3 Å². The monoisotopic (exact) mass is 190 g/mol. The Kier molecular flexibility index (Phi) is 1.77. The third kappa shape index (κ3) is 1.16. The summed E-state index contributed by atoms with van der Waals surface area (Å²) in [6.07, 6.45) is -1.05. The summed E-state index contributed by atoms with van der Waals surface area (Å²) in [5, 5.41) is 13.7. The molecule has 0 radical (unpaired) electrons. The van der Waals surface area contributed by atoms with E-state index in [-0.39, 0.29) is 0 Å². The number of fused-ring (bicyclic) bond motifs is 1. The van der Waals surface area contributed by atoms with Gasteiger partial charge in [-0.05, 0) is 25.5 Å². The van der Waals surface area contributed by atoms with Crippen LogP contribution in [0.5, 0.6) is 0 Å². The maximum absolute atomic E-state index is 10.8.